The maximum absolute atomic E-state index is 2.56. The summed E-state index contributed by atoms with van der Waals surface area (Å²) in [7, 11) is 0. The fraction of sp³-hybridized carbons (Fsp3) is 0.178. The lowest BCUT2D eigenvalue weighted by atomic mass is 9.79. The Hall–Kier alpha value is -8.00. The summed E-state index contributed by atoms with van der Waals surface area (Å²) >= 11 is 0. The van der Waals surface area contributed by atoms with Gasteiger partial charge in [0.1, 0.15) is 0 Å². The molecule has 10 aromatic rings. The Morgan fingerprint density at radius 3 is 1.31 bits per heavy atom. The highest BCUT2D eigenvalue weighted by Gasteiger charge is 2.44. The molecule has 0 atom stereocenters. The van der Waals surface area contributed by atoms with Crippen LogP contribution in [0, 0.1) is 20.8 Å². The Bertz CT molecular complexity index is 3650. The minimum atomic E-state index is -0.210. The van der Waals surface area contributed by atoms with Crippen LogP contribution in [0.25, 0.3) is 66.8 Å². The molecule has 2 aliphatic rings. The van der Waals surface area contributed by atoms with Crippen molar-refractivity contribution in [3.05, 3.63) is 269 Å². The molecule has 1 nitrogen and oxygen atoms in total. The molecule has 0 spiro atoms. The molecule has 10 aromatic carbocycles. The molecule has 0 radical (unpaired) electrons. The summed E-state index contributed by atoms with van der Waals surface area (Å²) in [4.78, 5) is 2.51. The van der Waals surface area contributed by atoms with Crippen molar-refractivity contribution in [3.8, 4) is 66.8 Å². The third-order valence-corrected chi connectivity index (χ3v) is 16.0. The number of benzene rings is 10. The van der Waals surface area contributed by atoms with E-state index in [1.165, 1.54) is 117 Å². The van der Waals surface area contributed by atoms with E-state index in [-0.39, 0.29) is 16.2 Å². The number of hydrogen-bond donors (Lipinski definition) is 0. The van der Waals surface area contributed by atoms with Gasteiger partial charge in [-0.2, -0.15) is 0 Å². The van der Waals surface area contributed by atoms with E-state index in [4.69, 9.17) is 0 Å². The molecule has 0 heterocycles. The summed E-state index contributed by atoms with van der Waals surface area (Å²) in [5.41, 5.74) is 29.6. The second-order valence-electron chi connectivity index (χ2n) is 22.7. The monoisotopic (exact) mass is 958 g/mol. The molecule has 0 aliphatic heterocycles. The van der Waals surface area contributed by atoms with Crippen molar-refractivity contribution in [2.75, 3.05) is 4.90 Å². The molecule has 0 bridgehead atoms. The summed E-state index contributed by atoms with van der Waals surface area (Å²) in [6.45, 7) is 23.2. The first-order valence-corrected chi connectivity index (χ1v) is 26.4. The van der Waals surface area contributed by atoms with Gasteiger partial charge in [-0.3, -0.25) is 0 Å². The van der Waals surface area contributed by atoms with Crippen molar-refractivity contribution >= 4 is 17.1 Å². The first-order valence-electron chi connectivity index (χ1n) is 26.4. The van der Waals surface area contributed by atoms with Gasteiger partial charge in [-0.25, -0.2) is 0 Å². The predicted octanol–water partition coefficient (Wildman–Crippen LogP) is 20.3. The lowest BCUT2D eigenvalue weighted by Gasteiger charge is -2.30. The second kappa shape index (κ2) is 18.8. The standard InChI is InChI=1S/C59H53N.C14H14/c1-38-34-53-56(48-37-51-47(36-52(48)59(53,7)8)55-46(41-20-13-10-14-21-41)23-17-25-50(55)58(51,5)6)54(35-38)60(43-30-26-40(27-31-43)39-18-11-9-12-19-39)44-32-28-42(29-33-44)45-22-15-16-24-49(45)57(2,3)4;1-11-7-3-5-9-13(11)14-10-6-4-8-12(14)2/h9-37H,1-8H3;3-10H,1-2H3. The highest BCUT2D eigenvalue weighted by atomic mass is 15.1. The number of hydrogen-bond acceptors (Lipinski definition) is 1. The van der Waals surface area contributed by atoms with E-state index in [2.05, 4.69) is 299 Å². The zero-order valence-corrected chi connectivity index (χ0v) is 44.8. The zero-order valence-electron chi connectivity index (χ0n) is 44.8. The largest absolute Gasteiger partial charge is 0.310 e. The summed E-state index contributed by atoms with van der Waals surface area (Å²) in [6.07, 6.45) is 0. The van der Waals surface area contributed by atoms with E-state index in [1.54, 1.807) is 0 Å². The van der Waals surface area contributed by atoms with Crippen LogP contribution in [0.1, 0.15) is 93.0 Å². The Morgan fingerprint density at radius 1 is 0.324 bits per heavy atom. The maximum Gasteiger partial charge on any atom is 0.0545 e. The van der Waals surface area contributed by atoms with Gasteiger partial charge in [0.2, 0.25) is 0 Å². The van der Waals surface area contributed by atoms with Gasteiger partial charge in [0.15, 0.2) is 0 Å². The van der Waals surface area contributed by atoms with Gasteiger partial charge in [-0.15, -0.1) is 0 Å². The maximum atomic E-state index is 2.56. The van der Waals surface area contributed by atoms with Gasteiger partial charge < -0.3 is 4.90 Å². The van der Waals surface area contributed by atoms with E-state index in [0.717, 1.165) is 11.4 Å². The van der Waals surface area contributed by atoms with Crippen LogP contribution in [0.2, 0.25) is 0 Å². The van der Waals surface area contributed by atoms with E-state index in [9.17, 15) is 0 Å². The van der Waals surface area contributed by atoms with Crippen LogP contribution in [0.4, 0.5) is 17.1 Å². The molecule has 74 heavy (non-hydrogen) atoms. The van der Waals surface area contributed by atoms with E-state index in [1.807, 2.05) is 0 Å². The molecule has 12 rings (SSSR count). The van der Waals surface area contributed by atoms with Crippen LogP contribution < -0.4 is 4.90 Å². The lowest BCUT2D eigenvalue weighted by Crippen LogP contribution is -2.17. The number of aryl methyl sites for hydroxylation is 3. The molecule has 0 saturated carbocycles. The Balaban J connectivity index is 0.000000362. The number of rotatable bonds is 7. The van der Waals surface area contributed by atoms with Crippen LogP contribution in [-0.4, -0.2) is 0 Å². The molecular formula is C73H67N. The Labute approximate surface area is 440 Å². The molecule has 0 amide bonds. The van der Waals surface area contributed by atoms with Crippen LogP contribution >= 0.6 is 0 Å². The quantitative estimate of drug-likeness (QED) is 0.154. The zero-order chi connectivity index (χ0) is 51.5. The summed E-state index contributed by atoms with van der Waals surface area (Å²) < 4.78 is 0. The number of nitrogens with zero attached hydrogens (tertiary/aromatic N) is 1. The van der Waals surface area contributed by atoms with Crippen molar-refractivity contribution in [2.45, 2.75) is 85.5 Å². The molecule has 0 fully saturated rings. The normalized spacial score (nSPS) is 13.5. The molecule has 2 aliphatic carbocycles. The average molecular weight is 958 g/mol. The van der Waals surface area contributed by atoms with Gasteiger partial charge in [0.05, 0.1) is 5.69 Å². The van der Waals surface area contributed by atoms with E-state index < -0.39 is 0 Å². The van der Waals surface area contributed by atoms with Gasteiger partial charge >= 0.3 is 0 Å². The summed E-state index contributed by atoms with van der Waals surface area (Å²) in [5.74, 6) is 0. The van der Waals surface area contributed by atoms with E-state index in [0.29, 0.717) is 0 Å². The van der Waals surface area contributed by atoms with Crippen molar-refractivity contribution in [3.63, 3.8) is 0 Å². The predicted molar refractivity (Wildman–Crippen MR) is 317 cm³/mol. The van der Waals surface area contributed by atoms with Crippen molar-refractivity contribution in [2.24, 2.45) is 0 Å². The van der Waals surface area contributed by atoms with Crippen LogP contribution in [0.5, 0.6) is 0 Å². The second-order valence-corrected chi connectivity index (χ2v) is 22.7. The minimum Gasteiger partial charge on any atom is -0.310 e. The minimum absolute atomic E-state index is 0.0311. The Morgan fingerprint density at radius 2 is 0.757 bits per heavy atom. The van der Waals surface area contributed by atoms with E-state index >= 15 is 0 Å². The number of fused-ring (bicyclic) bond motifs is 6. The molecule has 364 valence electrons. The first kappa shape index (κ1) is 48.3. The van der Waals surface area contributed by atoms with Gasteiger partial charge in [0.25, 0.3) is 0 Å². The topological polar surface area (TPSA) is 3.24 Å². The van der Waals surface area contributed by atoms with Crippen molar-refractivity contribution < 1.29 is 0 Å². The van der Waals surface area contributed by atoms with Crippen LogP contribution in [0.3, 0.4) is 0 Å². The first-order chi connectivity index (χ1) is 35.6. The highest BCUT2D eigenvalue weighted by molar-refractivity contribution is 6.00. The summed E-state index contributed by atoms with van der Waals surface area (Å²) in [5, 5.41) is 0. The molecular weight excluding hydrogens is 891 g/mol. The van der Waals surface area contributed by atoms with Crippen LogP contribution in [0.15, 0.2) is 224 Å². The fourth-order valence-electron chi connectivity index (χ4n) is 12.1. The van der Waals surface area contributed by atoms with Crippen molar-refractivity contribution in [1.82, 2.24) is 0 Å². The lowest BCUT2D eigenvalue weighted by molar-refractivity contribution is 0.592. The van der Waals surface area contributed by atoms with Crippen molar-refractivity contribution in [1.29, 1.82) is 0 Å². The average Bonchev–Trinajstić information content (AvgIpc) is 3.80. The molecule has 0 N–H and O–H groups in total. The SMILES string of the molecule is Cc1cc(N(c2ccc(-c3ccccc3)cc2)c2ccc(-c3ccccc3C(C)(C)C)cc2)c2c(c1)C(C)(C)c1cc3c(cc1-2)C(C)(C)c1cccc(-c2ccccc2)c1-3.Cc1ccccc1-c1ccccc1C. The van der Waals surface area contributed by atoms with Gasteiger partial charge in [-0.1, -0.05) is 230 Å². The smallest absolute Gasteiger partial charge is 0.0545 e. The highest BCUT2D eigenvalue weighted by Crippen LogP contribution is 2.60. The molecule has 1 heteroatoms. The molecule has 0 aromatic heterocycles. The summed E-state index contributed by atoms with van der Waals surface area (Å²) in [6, 6.07) is 82.8. The third kappa shape index (κ3) is 8.49. The Kier molecular flexibility index (Phi) is 12.3. The fourth-order valence-corrected chi connectivity index (χ4v) is 12.1. The number of anilines is 3. The van der Waals surface area contributed by atoms with Gasteiger partial charge in [0, 0.05) is 27.8 Å². The molecule has 0 unspecified atom stereocenters. The van der Waals surface area contributed by atoms with Gasteiger partial charge in [-0.05, 0) is 174 Å². The third-order valence-electron chi connectivity index (χ3n) is 16.0. The molecule has 0 saturated heterocycles. The van der Waals surface area contributed by atoms with Crippen LogP contribution in [-0.2, 0) is 16.2 Å².